The Balaban J connectivity index is 2.12. The van der Waals surface area contributed by atoms with E-state index < -0.39 is 38.5 Å². The Bertz CT molecular complexity index is 1050. The van der Waals surface area contributed by atoms with Gasteiger partial charge in [-0.3, -0.25) is 19.6 Å². The van der Waals surface area contributed by atoms with Crippen LogP contribution < -0.4 is 9.46 Å². The number of sulfonamides is 1. The Labute approximate surface area is 166 Å². The smallest absolute Gasteiger partial charge is 0.339 e. The number of Topliss-reactive ketones (excluding diaryl/α,β-unsaturated/α-hetero) is 1. The summed E-state index contributed by atoms with van der Waals surface area (Å²) in [4.78, 5) is 35.1. The topological polar surface area (TPSA) is 142 Å². The lowest BCUT2D eigenvalue weighted by atomic mass is 10.1. The molecule has 154 valence electrons. The van der Waals surface area contributed by atoms with Gasteiger partial charge in [0.05, 0.1) is 23.9 Å². The molecule has 0 spiro atoms. The van der Waals surface area contributed by atoms with Gasteiger partial charge in [0, 0.05) is 17.3 Å². The van der Waals surface area contributed by atoms with E-state index in [9.17, 15) is 28.1 Å². The molecule has 2 aromatic rings. The van der Waals surface area contributed by atoms with Gasteiger partial charge in [-0.2, -0.15) is 0 Å². The maximum atomic E-state index is 12.4. The molecule has 1 N–H and O–H groups in total. The minimum atomic E-state index is -3.45. The molecule has 0 aliphatic rings. The molecule has 1 atom stereocenters. The van der Waals surface area contributed by atoms with E-state index in [0.717, 1.165) is 12.3 Å². The standard InChI is InChI=1S/C18H18N2O8S/c1-11(17(21)12-4-7-14(8-5-12)19-29(3,25)26)28-18(22)13-6-9-16(27-2)15(10-13)20(23)24/h4-11,19H,1-3H3. The van der Waals surface area contributed by atoms with Gasteiger partial charge in [0.15, 0.2) is 11.9 Å². The molecule has 0 saturated heterocycles. The summed E-state index contributed by atoms with van der Waals surface area (Å²) in [6, 6.07) is 9.12. The molecule has 0 bridgehead atoms. The first-order valence-electron chi connectivity index (χ1n) is 8.17. The molecule has 0 aliphatic carbocycles. The number of ether oxygens (including phenoxy) is 2. The normalized spacial score (nSPS) is 12.0. The number of nitro benzene ring substituents is 1. The van der Waals surface area contributed by atoms with Crippen molar-refractivity contribution in [3.8, 4) is 5.75 Å². The summed E-state index contributed by atoms with van der Waals surface area (Å²) in [6.07, 6.45) is -0.172. The molecular formula is C18H18N2O8S. The third-order valence-corrected chi connectivity index (χ3v) is 4.34. The van der Waals surface area contributed by atoms with Gasteiger partial charge in [-0.1, -0.05) is 0 Å². The Hall–Kier alpha value is -3.47. The monoisotopic (exact) mass is 422 g/mol. The van der Waals surface area contributed by atoms with Crippen molar-refractivity contribution in [2.24, 2.45) is 0 Å². The number of nitrogens with zero attached hydrogens (tertiary/aromatic N) is 1. The Morgan fingerprint density at radius 1 is 1.10 bits per heavy atom. The molecule has 0 saturated carbocycles. The van der Waals surface area contributed by atoms with Crippen LogP contribution >= 0.6 is 0 Å². The summed E-state index contributed by atoms with van der Waals surface area (Å²) >= 11 is 0. The van der Waals surface area contributed by atoms with Crippen molar-refractivity contribution in [2.45, 2.75) is 13.0 Å². The van der Waals surface area contributed by atoms with Crippen molar-refractivity contribution in [3.05, 3.63) is 63.7 Å². The maximum Gasteiger partial charge on any atom is 0.339 e. The van der Waals surface area contributed by atoms with Crippen LogP contribution in [-0.4, -0.2) is 44.6 Å². The first-order valence-corrected chi connectivity index (χ1v) is 10.1. The summed E-state index contributed by atoms with van der Waals surface area (Å²) < 4.78 is 34.6. The Kier molecular flexibility index (Phi) is 6.54. The second-order valence-electron chi connectivity index (χ2n) is 6.01. The fraction of sp³-hybridized carbons (Fsp3) is 0.222. The minimum absolute atomic E-state index is 0.0153. The lowest BCUT2D eigenvalue weighted by Crippen LogP contribution is -2.24. The van der Waals surface area contributed by atoms with Crippen LogP contribution in [0.25, 0.3) is 0 Å². The van der Waals surface area contributed by atoms with Gasteiger partial charge in [-0.05, 0) is 43.3 Å². The predicted molar refractivity (Wildman–Crippen MR) is 104 cm³/mol. The van der Waals surface area contributed by atoms with Gasteiger partial charge in [-0.15, -0.1) is 0 Å². The Morgan fingerprint density at radius 2 is 1.69 bits per heavy atom. The summed E-state index contributed by atoms with van der Waals surface area (Å²) in [6.45, 7) is 1.36. The van der Waals surface area contributed by atoms with E-state index in [1.165, 1.54) is 50.4 Å². The van der Waals surface area contributed by atoms with Crippen molar-refractivity contribution >= 4 is 33.2 Å². The van der Waals surface area contributed by atoms with E-state index in [2.05, 4.69) is 4.72 Å². The number of methoxy groups -OCH3 is 1. The van der Waals surface area contributed by atoms with Crippen molar-refractivity contribution < 1.29 is 32.4 Å². The van der Waals surface area contributed by atoms with Crippen molar-refractivity contribution in [1.29, 1.82) is 0 Å². The number of nitrogens with one attached hydrogen (secondary N) is 1. The summed E-state index contributed by atoms with van der Waals surface area (Å²) in [5.74, 6) is -1.45. The van der Waals surface area contributed by atoms with Gasteiger partial charge < -0.3 is 9.47 Å². The van der Waals surface area contributed by atoms with Crippen molar-refractivity contribution in [2.75, 3.05) is 18.1 Å². The third-order valence-electron chi connectivity index (χ3n) is 3.74. The van der Waals surface area contributed by atoms with Gasteiger partial charge in [0.25, 0.3) is 0 Å². The second-order valence-corrected chi connectivity index (χ2v) is 7.76. The number of carbonyl (C=O) groups excluding carboxylic acids is 2. The molecule has 0 aliphatic heterocycles. The predicted octanol–water partition coefficient (Wildman–Crippen LogP) is 2.40. The van der Waals surface area contributed by atoms with Gasteiger partial charge >= 0.3 is 11.7 Å². The summed E-state index contributed by atoms with van der Waals surface area (Å²) in [5.41, 5.74) is -0.0379. The van der Waals surface area contributed by atoms with E-state index in [1.54, 1.807) is 0 Å². The van der Waals surface area contributed by atoms with Gasteiger partial charge in [0.2, 0.25) is 15.8 Å². The number of nitro groups is 1. The number of anilines is 1. The SMILES string of the molecule is COc1ccc(C(=O)OC(C)C(=O)c2ccc(NS(C)(=O)=O)cc2)cc1[N+](=O)[O-]. The fourth-order valence-electron chi connectivity index (χ4n) is 2.39. The number of hydrogen-bond donors (Lipinski definition) is 1. The van der Waals surface area contributed by atoms with Crippen LogP contribution in [0.4, 0.5) is 11.4 Å². The average Bonchev–Trinajstić information content (AvgIpc) is 2.66. The van der Waals surface area contributed by atoms with Crippen LogP contribution in [0.3, 0.4) is 0 Å². The number of hydrogen-bond acceptors (Lipinski definition) is 8. The van der Waals surface area contributed by atoms with Crippen LogP contribution in [0, 0.1) is 10.1 Å². The number of carbonyl (C=O) groups is 2. The average molecular weight is 422 g/mol. The fourth-order valence-corrected chi connectivity index (χ4v) is 2.96. The van der Waals surface area contributed by atoms with E-state index in [-0.39, 0.29) is 22.6 Å². The molecule has 2 aromatic carbocycles. The molecule has 0 radical (unpaired) electrons. The third kappa shape index (κ3) is 5.75. The summed E-state index contributed by atoms with van der Waals surface area (Å²) in [5, 5.41) is 11.1. The van der Waals surface area contributed by atoms with Crippen LogP contribution in [0.5, 0.6) is 5.75 Å². The highest BCUT2D eigenvalue weighted by molar-refractivity contribution is 7.92. The van der Waals surface area contributed by atoms with E-state index in [0.29, 0.717) is 0 Å². The molecule has 10 nitrogen and oxygen atoms in total. The second kappa shape index (κ2) is 8.69. The highest BCUT2D eigenvalue weighted by atomic mass is 32.2. The zero-order valence-corrected chi connectivity index (χ0v) is 16.6. The molecule has 1 unspecified atom stereocenters. The number of benzene rings is 2. The molecule has 0 heterocycles. The molecule has 0 amide bonds. The van der Waals surface area contributed by atoms with Gasteiger partial charge in [0.1, 0.15) is 0 Å². The molecule has 0 aromatic heterocycles. The highest BCUT2D eigenvalue weighted by Crippen LogP contribution is 2.28. The first kappa shape index (κ1) is 21.8. The van der Waals surface area contributed by atoms with E-state index >= 15 is 0 Å². The molecule has 29 heavy (non-hydrogen) atoms. The Morgan fingerprint density at radius 3 is 2.21 bits per heavy atom. The van der Waals surface area contributed by atoms with E-state index in [1.807, 2.05) is 0 Å². The largest absolute Gasteiger partial charge is 0.490 e. The van der Waals surface area contributed by atoms with Crippen LogP contribution in [0.2, 0.25) is 0 Å². The zero-order chi connectivity index (χ0) is 21.8. The molecular weight excluding hydrogens is 404 g/mol. The first-order chi connectivity index (χ1) is 13.5. The lowest BCUT2D eigenvalue weighted by molar-refractivity contribution is -0.385. The van der Waals surface area contributed by atoms with Crippen LogP contribution in [0.1, 0.15) is 27.6 Å². The van der Waals surface area contributed by atoms with Crippen molar-refractivity contribution in [1.82, 2.24) is 0 Å². The number of ketones is 1. The molecule has 2 rings (SSSR count). The number of rotatable bonds is 8. The number of esters is 1. The minimum Gasteiger partial charge on any atom is -0.490 e. The van der Waals surface area contributed by atoms with E-state index in [4.69, 9.17) is 9.47 Å². The zero-order valence-electron chi connectivity index (χ0n) is 15.7. The van der Waals surface area contributed by atoms with Crippen molar-refractivity contribution in [3.63, 3.8) is 0 Å². The quantitative estimate of drug-likeness (QED) is 0.296. The molecule has 11 heteroatoms. The van der Waals surface area contributed by atoms with Crippen LogP contribution in [-0.2, 0) is 14.8 Å². The lowest BCUT2D eigenvalue weighted by Gasteiger charge is -2.13. The maximum absolute atomic E-state index is 12.4. The van der Waals surface area contributed by atoms with Crippen LogP contribution in [0.15, 0.2) is 42.5 Å². The van der Waals surface area contributed by atoms with Gasteiger partial charge in [-0.25, -0.2) is 13.2 Å². The molecule has 0 fully saturated rings. The summed E-state index contributed by atoms with van der Waals surface area (Å²) in [7, 11) is -2.19. The highest BCUT2D eigenvalue weighted by Gasteiger charge is 2.23.